The molecule has 0 amide bonds. The number of rotatable bonds is 0. The van der Waals surface area contributed by atoms with Gasteiger partial charge in [0.05, 0.1) is 5.52 Å². The summed E-state index contributed by atoms with van der Waals surface area (Å²) in [6.07, 6.45) is 0. The number of hydrogen-bond acceptors (Lipinski definition) is 1. The largest absolute Gasteiger partial charge is 0.237 e. The number of aromatic nitrogens is 1. The van der Waals surface area contributed by atoms with Crippen LogP contribution in [-0.4, -0.2) is 12.8 Å². The first-order valence-electron chi connectivity index (χ1n) is 3.69. The van der Waals surface area contributed by atoms with E-state index in [0.29, 0.717) is 15.6 Å². The lowest BCUT2D eigenvalue weighted by Gasteiger charge is -2.02. The summed E-state index contributed by atoms with van der Waals surface area (Å²) in [5.41, 5.74) is 1.20. The van der Waals surface area contributed by atoms with Gasteiger partial charge in [0, 0.05) is 10.4 Å². The van der Waals surface area contributed by atoms with Crippen LogP contribution in [0.25, 0.3) is 10.9 Å². The molecule has 13 heavy (non-hydrogen) atoms. The van der Waals surface area contributed by atoms with Gasteiger partial charge in [-0.3, -0.25) is 0 Å². The molecule has 62 valence electrons. The molecular weight excluding hydrogens is 204 g/mol. The zero-order valence-electron chi connectivity index (χ0n) is 6.59. The van der Waals surface area contributed by atoms with Crippen LogP contribution < -0.4 is 5.46 Å². The Morgan fingerprint density at radius 2 is 2.00 bits per heavy atom. The summed E-state index contributed by atoms with van der Waals surface area (Å²) in [4.78, 5) is 4.09. The standard InChI is InChI=1S/C9H4BCl2N/c10-6-4-5-7(11)2-1-3-8(5)13-9(6)12/h1-4H. The van der Waals surface area contributed by atoms with Crippen LogP contribution in [0.4, 0.5) is 0 Å². The maximum absolute atomic E-state index is 5.94. The highest BCUT2D eigenvalue weighted by molar-refractivity contribution is 6.45. The normalized spacial score (nSPS) is 10.6. The minimum absolute atomic E-state index is 0.315. The Labute approximate surface area is 87.1 Å². The number of pyridine rings is 1. The number of benzene rings is 1. The highest BCUT2D eigenvalue weighted by atomic mass is 35.5. The fraction of sp³-hybridized carbons (Fsp3) is 0. The number of hydrogen-bond donors (Lipinski definition) is 0. The maximum Gasteiger partial charge on any atom is 0.122 e. The van der Waals surface area contributed by atoms with E-state index in [1.54, 1.807) is 12.1 Å². The summed E-state index contributed by atoms with van der Waals surface area (Å²) >= 11 is 11.7. The first-order valence-corrected chi connectivity index (χ1v) is 4.44. The quantitative estimate of drug-likeness (QED) is 0.478. The van der Waals surface area contributed by atoms with Crippen LogP contribution in [0.5, 0.6) is 0 Å². The van der Waals surface area contributed by atoms with Crippen LogP contribution >= 0.6 is 23.2 Å². The van der Waals surface area contributed by atoms with E-state index in [-0.39, 0.29) is 0 Å². The summed E-state index contributed by atoms with van der Waals surface area (Å²) in [5, 5.41) is 1.77. The van der Waals surface area contributed by atoms with E-state index in [9.17, 15) is 0 Å². The van der Waals surface area contributed by atoms with Gasteiger partial charge in [0.25, 0.3) is 0 Å². The molecular formula is C9H4BCl2N. The van der Waals surface area contributed by atoms with Gasteiger partial charge in [0.2, 0.25) is 0 Å². The Morgan fingerprint density at radius 3 is 2.77 bits per heavy atom. The van der Waals surface area contributed by atoms with Gasteiger partial charge in [-0.2, -0.15) is 0 Å². The second-order valence-corrected chi connectivity index (χ2v) is 3.44. The molecule has 4 heteroatoms. The molecule has 1 aromatic carbocycles. The smallest absolute Gasteiger partial charge is 0.122 e. The lowest BCUT2D eigenvalue weighted by Crippen LogP contribution is -2.05. The SMILES string of the molecule is [B]c1cc2c(Cl)cccc2nc1Cl. The Hall–Kier alpha value is -0.725. The molecule has 0 saturated carbocycles. The van der Waals surface area contributed by atoms with E-state index in [1.807, 2.05) is 12.1 Å². The molecule has 2 radical (unpaired) electrons. The third-order valence-electron chi connectivity index (χ3n) is 1.79. The van der Waals surface area contributed by atoms with Gasteiger partial charge in [-0.15, -0.1) is 0 Å². The molecule has 0 saturated heterocycles. The van der Waals surface area contributed by atoms with E-state index < -0.39 is 0 Å². The van der Waals surface area contributed by atoms with Crippen molar-refractivity contribution in [2.45, 2.75) is 0 Å². The van der Waals surface area contributed by atoms with Crippen molar-refractivity contribution in [3.63, 3.8) is 0 Å². The molecule has 2 aromatic rings. The topological polar surface area (TPSA) is 12.9 Å². The predicted molar refractivity (Wildman–Crippen MR) is 57.2 cm³/mol. The van der Waals surface area contributed by atoms with Crippen LogP contribution in [0.3, 0.4) is 0 Å². The monoisotopic (exact) mass is 207 g/mol. The molecule has 0 atom stereocenters. The number of nitrogens with zero attached hydrogens (tertiary/aromatic N) is 1. The first-order chi connectivity index (χ1) is 6.18. The lowest BCUT2D eigenvalue weighted by atomic mass is 9.97. The van der Waals surface area contributed by atoms with Crippen molar-refractivity contribution in [2.75, 3.05) is 0 Å². The van der Waals surface area contributed by atoms with E-state index >= 15 is 0 Å². The summed E-state index contributed by atoms with van der Waals surface area (Å²) in [5.74, 6) is 0. The average molecular weight is 208 g/mol. The van der Waals surface area contributed by atoms with E-state index in [0.717, 1.165) is 10.9 Å². The van der Waals surface area contributed by atoms with Crippen molar-refractivity contribution >= 4 is 47.4 Å². The summed E-state index contributed by atoms with van der Waals surface area (Å²) in [7, 11) is 5.60. The van der Waals surface area contributed by atoms with E-state index in [2.05, 4.69) is 4.98 Å². The third-order valence-corrected chi connectivity index (χ3v) is 2.42. The second-order valence-electron chi connectivity index (χ2n) is 2.67. The molecule has 0 bridgehead atoms. The van der Waals surface area contributed by atoms with Crippen molar-refractivity contribution < 1.29 is 0 Å². The Bertz CT molecular complexity index is 470. The lowest BCUT2D eigenvalue weighted by molar-refractivity contribution is 1.43. The Morgan fingerprint density at radius 1 is 1.23 bits per heavy atom. The van der Waals surface area contributed by atoms with Crippen LogP contribution in [0.1, 0.15) is 0 Å². The molecule has 0 unspecified atom stereocenters. The summed E-state index contributed by atoms with van der Waals surface area (Å²) < 4.78 is 0. The molecule has 1 aromatic heterocycles. The van der Waals surface area contributed by atoms with Gasteiger partial charge in [0.15, 0.2) is 0 Å². The molecule has 2 rings (SSSR count). The summed E-state index contributed by atoms with van der Waals surface area (Å²) in [6.45, 7) is 0. The number of halogens is 2. The molecule has 0 N–H and O–H groups in total. The van der Waals surface area contributed by atoms with Gasteiger partial charge in [-0.1, -0.05) is 40.8 Å². The van der Waals surface area contributed by atoms with Crippen LogP contribution in [0.15, 0.2) is 24.3 Å². The zero-order chi connectivity index (χ0) is 9.42. The van der Waals surface area contributed by atoms with Crippen molar-refractivity contribution in [3.8, 4) is 0 Å². The van der Waals surface area contributed by atoms with Crippen LogP contribution in [0, 0.1) is 0 Å². The van der Waals surface area contributed by atoms with Gasteiger partial charge in [-0.25, -0.2) is 4.98 Å². The zero-order valence-corrected chi connectivity index (χ0v) is 8.10. The highest BCUT2D eigenvalue weighted by Crippen LogP contribution is 2.21. The molecule has 1 heterocycles. The van der Waals surface area contributed by atoms with Crippen molar-refractivity contribution in [1.29, 1.82) is 0 Å². The van der Waals surface area contributed by atoms with Gasteiger partial charge < -0.3 is 0 Å². The fourth-order valence-electron chi connectivity index (χ4n) is 1.15. The first kappa shape index (κ1) is 8.85. The van der Waals surface area contributed by atoms with Crippen molar-refractivity contribution in [3.05, 3.63) is 34.4 Å². The summed E-state index contributed by atoms with van der Waals surface area (Å²) in [6, 6.07) is 7.18. The maximum atomic E-state index is 5.94. The Balaban J connectivity index is 2.89. The van der Waals surface area contributed by atoms with Crippen LogP contribution in [0.2, 0.25) is 10.2 Å². The molecule has 0 fully saturated rings. The number of fused-ring (bicyclic) bond motifs is 1. The van der Waals surface area contributed by atoms with Crippen molar-refractivity contribution in [1.82, 2.24) is 4.98 Å². The minimum atomic E-state index is 0.315. The fourth-order valence-corrected chi connectivity index (χ4v) is 1.52. The minimum Gasteiger partial charge on any atom is -0.237 e. The average Bonchev–Trinajstić information content (AvgIpc) is 2.09. The molecule has 0 spiro atoms. The van der Waals surface area contributed by atoms with Gasteiger partial charge >= 0.3 is 0 Å². The predicted octanol–water partition coefficient (Wildman–Crippen LogP) is 2.34. The van der Waals surface area contributed by atoms with Crippen LogP contribution in [-0.2, 0) is 0 Å². The van der Waals surface area contributed by atoms with E-state index in [1.165, 1.54) is 0 Å². The van der Waals surface area contributed by atoms with E-state index in [4.69, 9.17) is 31.0 Å². The third kappa shape index (κ3) is 1.52. The molecule has 0 aliphatic rings. The van der Waals surface area contributed by atoms with Gasteiger partial charge in [0.1, 0.15) is 13.0 Å². The van der Waals surface area contributed by atoms with Crippen molar-refractivity contribution in [2.24, 2.45) is 0 Å². The molecule has 0 aliphatic carbocycles. The molecule has 1 nitrogen and oxygen atoms in total. The Kier molecular flexibility index (Phi) is 2.18. The second kappa shape index (κ2) is 3.20. The van der Waals surface area contributed by atoms with Gasteiger partial charge in [-0.05, 0) is 12.1 Å². The molecule has 0 aliphatic heterocycles. The highest BCUT2D eigenvalue weighted by Gasteiger charge is 2.02.